The zero-order valence-electron chi connectivity index (χ0n) is 12.8. The van der Waals surface area contributed by atoms with Gasteiger partial charge in [0.2, 0.25) is 0 Å². The van der Waals surface area contributed by atoms with Crippen LogP contribution in [0.25, 0.3) is 5.57 Å². The van der Waals surface area contributed by atoms with E-state index < -0.39 is 35.1 Å². The zero-order chi connectivity index (χ0) is 18.2. The minimum atomic E-state index is -4.65. The molecule has 1 atom stereocenters. The lowest BCUT2D eigenvalue weighted by Gasteiger charge is -2.15. The SMILES string of the molecule is O=C1C[C@H](Nc2ccc(F)cc2)C(O)=C1c1ccccc1C(F)(F)F. The van der Waals surface area contributed by atoms with Gasteiger partial charge in [0.1, 0.15) is 11.6 Å². The second-order valence-electron chi connectivity index (χ2n) is 5.63. The van der Waals surface area contributed by atoms with Crippen molar-refractivity contribution in [1.29, 1.82) is 0 Å². The van der Waals surface area contributed by atoms with E-state index in [1.807, 2.05) is 0 Å². The number of anilines is 1. The van der Waals surface area contributed by atoms with Crippen molar-refractivity contribution in [1.82, 2.24) is 0 Å². The first-order chi connectivity index (χ1) is 11.8. The van der Waals surface area contributed by atoms with Crippen molar-refractivity contribution in [3.8, 4) is 0 Å². The van der Waals surface area contributed by atoms with Crippen molar-refractivity contribution < 1.29 is 27.5 Å². The maximum Gasteiger partial charge on any atom is 0.417 e. The van der Waals surface area contributed by atoms with Crippen LogP contribution in [0.3, 0.4) is 0 Å². The Bertz CT molecular complexity index is 841. The molecule has 0 heterocycles. The molecule has 7 heteroatoms. The molecule has 130 valence electrons. The summed E-state index contributed by atoms with van der Waals surface area (Å²) in [5.41, 5.74) is -1.23. The Balaban J connectivity index is 1.98. The fraction of sp³-hybridized carbons (Fsp3) is 0.167. The molecular formula is C18H13F4NO2. The third-order valence-corrected chi connectivity index (χ3v) is 3.94. The molecule has 25 heavy (non-hydrogen) atoms. The van der Waals surface area contributed by atoms with Gasteiger partial charge in [-0.1, -0.05) is 18.2 Å². The number of aliphatic hydroxyl groups excluding tert-OH is 1. The molecule has 0 bridgehead atoms. The van der Waals surface area contributed by atoms with Crippen LogP contribution < -0.4 is 5.32 Å². The number of halogens is 4. The molecule has 0 unspecified atom stereocenters. The highest BCUT2D eigenvalue weighted by molar-refractivity contribution is 6.24. The standard InChI is InChI=1S/C18H13F4NO2/c19-10-5-7-11(8-6-10)23-14-9-15(24)16(17(14)25)12-3-1-2-4-13(12)18(20,21)22/h1-8,14,23,25H,9H2/t14-/m0/s1. The molecule has 0 aromatic heterocycles. The molecule has 0 saturated heterocycles. The van der Waals surface area contributed by atoms with E-state index in [0.717, 1.165) is 12.1 Å². The number of carbonyl (C=O) groups excluding carboxylic acids is 1. The van der Waals surface area contributed by atoms with E-state index in [2.05, 4.69) is 5.32 Å². The van der Waals surface area contributed by atoms with Gasteiger partial charge in [-0.3, -0.25) is 4.79 Å². The minimum absolute atomic E-state index is 0.190. The molecule has 2 aromatic carbocycles. The first kappa shape index (κ1) is 17.0. The number of allylic oxidation sites excluding steroid dienone is 1. The summed E-state index contributed by atoms with van der Waals surface area (Å²) in [7, 11) is 0. The number of hydrogen-bond donors (Lipinski definition) is 2. The Morgan fingerprint density at radius 3 is 2.32 bits per heavy atom. The van der Waals surface area contributed by atoms with Crippen molar-refractivity contribution in [2.45, 2.75) is 18.6 Å². The van der Waals surface area contributed by atoms with Crippen LogP contribution in [0, 0.1) is 5.82 Å². The number of alkyl halides is 3. The molecule has 0 amide bonds. The van der Waals surface area contributed by atoms with Crippen LogP contribution in [0.2, 0.25) is 0 Å². The Labute approximate surface area is 140 Å². The van der Waals surface area contributed by atoms with Crippen LogP contribution >= 0.6 is 0 Å². The first-order valence-corrected chi connectivity index (χ1v) is 7.42. The number of benzene rings is 2. The highest BCUT2D eigenvalue weighted by atomic mass is 19.4. The predicted octanol–water partition coefficient (Wildman–Crippen LogP) is 4.57. The van der Waals surface area contributed by atoms with E-state index in [-0.39, 0.29) is 17.6 Å². The van der Waals surface area contributed by atoms with E-state index >= 15 is 0 Å². The monoisotopic (exact) mass is 351 g/mol. The number of Topliss-reactive ketones (excluding diaryl/α,β-unsaturated/α-hetero) is 1. The molecule has 1 aliphatic carbocycles. The van der Waals surface area contributed by atoms with Crippen LogP contribution in [-0.2, 0) is 11.0 Å². The lowest BCUT2D eigenvalue weighted by Crippen LogP contribution is -2.19. The number of rotatable bonds is 3. The number of nitrogens with one attached hydrogen (secondary N) is 1. The summed E-state index contributed by atoms with van der Waals surface area (Å²) in [4.78, 5) is 12.2. The van der Waals surface area contributed by atoms with Crippen molar-refractivity contribution in [3.05, 3.63) is 71.2 Å². The van der Waals surface area contributed by atoms with Gasteiger partial charge in [-0.25, -0.2) is 4.39 Å². The van der Waals surface area contributed by atoms with Crippen molar-refractivity contribution in [2.24, 2.45) is 0 Å². The van der Waals surface area contributed by atoms with Crippen LogP contribution in [0.5, 0.6) is 0 Å². The normalized spacial score (nSPS) is 17.9. The Morgan fingerprint density at radius 1 is 1.04 bits per heavy atom. The summed E-state index contributed by atoms with van der Waals surface area (Å²) in [6.07, 6.45) is -4.84. The number of aliphatic hydroxyl groups is 1. The fourth-order valence-corrected chi connectivity index (χ4v) is 2.80. The van der Waals surface area contributed by atoms with Crippen molar-refractivity contribution in [2.75, 3.05) is 5.32 Å². The van der Waals surface area contributed by atoms with Gasteiger partial charge in [0.15, 0.2) is 5.78 Å². The van der Waals surface area contributed by atoms with E-state index in [9.17, 15) is 27.5 Å². The van der Waals surface area contributed by atoms with Crippen molar-refractivity contribution >= 4 is 17.0 Å². The second kappa shape index (κ2) is 6.23. The maximum atomic E-state index is 13.2. The largest absolute Gasteiger partial charge is 0.509 e. The van der Waals surface area contributed by atoms with E-state index in [1.165, 1.54) is 36.4 Å². The van der Waals surface area contributed by atoms with Gasteiger partial charge in [0.05, 0.1) is 17.2 Å². The number of ketones is 1. The summed E-state index contributed by atoms with van der Waals surface area (Å²) in [6.45, 7) is 0. The molecule has 2 aromatic rings. The molecule has 3 nitrogen and oxygen atoms in total. The molecule has 3 rings (SSSR count). The predicted molar refractivity (Wildman–Crippen MR) is 84.4 cm³/mol. The Morgan fingerprint density at radius 2 is 1.68 bits per heavy atom. The average molecular weight is 351 g/mol. The third kappa shape index (κ3) is 3.35. The molecule has 1 aliphatic rings. The lowest BCUT2D eigenvalue weighted by molar-refractivity contribution is -0.137. The minimum Gasteiger partial charge on any atom is -0.509 e. The highest BCUT2D eigenvalue weighted by Crippen LogP contribution is 2.39. The van der Waals surface area contributed by atoms with Gasteiger partial charge in [0.25, 0.3) is 0 Å². The van der Waals surface area contributed by atoms with E-state index in [4.69, 9.17) is 0 Å². The first-order valence-electron chi connectivity index (χ1n) is 7.42. The Hall–Kier alpha value is -2.83. The fourth-order valence-electron chi connectivity index (χ4n) is 2.80. The lowest BCUT2D eigenvalue weighted by atomic mass is 9.98. The molecule has 0 radical (unpaired) electrons. The topological polar surface area (TPSA) is 49.3 Å². The van der Waals surface area contributed by atoms with E-state index in [1.54, 1.807) is 0 Å². The van der Waals surface area contributed by atoms with E-state index in [0.29, 0.717) is 5.69 Å². The van der Waals surface area contributed by atoms with Crippen LogP contribution in [0.1, 0.15) is 17.5 Å². The summed E-state index contributed by atoms with van der Waals surface area (Å²) in [5.74, 6) is -1.49. The molecular weight excluding hydrogens is 338 g/mol. The van der Waals surface area contributed by atoms with Gasteiger partial charge in [-0.2, -0.15) is 13.2 Å². The summed E-state index contributed by atoms with van der Waals surface area (Å²) in [5, 5.41) is 13.2. The van der Waals surface area contributed by atoms with Gasteiger partial charge in [-0.05, 0) is 30.3 Å². The number of carbonyl (C=O) groups is 1. The van der Waals surface area contributed by atoms with Crippen LogP contribution in [0.4, 0.5) is 23.2 Å². The molecule has 2 N–H and O–H groups in total. The average Bonchev–Trinajstić information content (AvgIpc) is 2.83. The molecule has 0 fully saturated rings. The van der Waals surface area contributed by atoms with Gasteiger partial charge in [-0.15, -0.1) is 0 Å². The molecule has 0 saturated carbocycles. The zero-order valence-corrected chi connectivity index (χ0v) is 12.8. The summed E-state index contributed by atoms with van der Waals surface area (Å²) >= 11 is 0. The molecule has 0 spiro atoms. The van der Waals surface area contributed by atoms with Gasteiger partial charge < -0.3 is 10.4 Å². The third-order valence-electron chi connectivity index (χ3n) is 3.94. The van der Waals surface area contributed by atoms with Crippen molar-refractivity contribution in [3.63, 3.8) is 0 Å². The summed E-state index contributed by atoms with van der Waals surface area (Å²) < 4.78 is 52.4. The quantitative estimate of drug-likeness (QED) is 0.797. The Kier molecular flexibility index (Phi) is 4.24. The van der Waals surface area contributed by atoms with Gasteiger partial charge in [0, 0.05) is 17.7 Å². The molecule has 0 aliphatic heterocycles. The summed E-state index contributed by atoms with van der Waals surface area (Å²) in [6, 6.07) is 8.96. The van der Waals surface area contributed by atoms with Gasteiger partial charge >= 0.3 is 6.18 Å². The highest BCUT2D eigenvalue weighted by Gasteiger charge is 2.39. The smallest absolute Gasteiger partial charge is 0.417 e. The number of hydrogen-bond acceptors (Lipinski definition) is 3. The van der Waals surface area contributed by atoms with Crippen LogP contribution in [-0.4, -0.2) is 16.9 Å². The maximum absolute atomic E-state index is 13.2. The van der Waals surface area contributed by atoms with Crippen LogP contribution in [0.15, 0.2) is 54.3 Å². The second-order valence-corrected chi connectivity index (χ2v) is 5.63.